The van der Waals surface area contributed by atoms with Gasteiger partial charge in [-0.15, -0.1) is 0 Å². The second-order valence-electron chi connectivity index (χ2n) is 4.05. The van der Waals surface area contributed by atoms with Gasteiger partial charge in [0.1, 0.15) is 0 Å². The Balaban J connectivity index is 1.40. The molecule has 0 aliphatic rings. The van der Waals surface area contributed by atoms with E-state index >= 15 is 0 Å². The fraction of sp³-hybridized carbons (Fsp3) is 0.250. The molecule has 0 aliphatic heterocycles. The Morgan fingerprint density at radius 2 is 1.05 bits per heavy atom. The third-order valence-electron chi connectivity index (χ3n) is 2.42. The van der Waals surface area contributed by atoms with Crippen molar-refractivity contribution in [3.8, 4) is 0 Å². The summed E-state index contributed by atoms with van der Waals surface area (Å²) in [5.74, 6) is 0. The van der Waals surface area contributed by atoms with Gasteiger partial charge in [0.05, 0.1) is 0 Å². The van der Waals surface area contributed by atoms with Gasteiger partial charge in [0, 0.05) is 0 Å². The molecule has 0 aliphatic carbocycles. The molecule has 0 fully saturated rings. The molecule has 1 nitrogen and oxygen atoms in total. The van der Waals surface area contributed by atoms with E-state index in [0.717, 1.165) is 39.5 Å². The number of hydrogen-bond donors (Lipinski definition) is 0. The molecule has 0 unspecified atom stereocenters. The van der Waals surface area contributed by atoms with Crippen LogP contribution >= 0.6 is 0 Å². The van der Waals surface area contributed by atoms with Gasteiger partial charge in [-0.05, 0) is 0 Å². The van der Waals surface area contributed by atoms with Gasteiger partial charge in [-0.1, -0.05) is 0 Å². The zero-order valence-electron chi connectivity index (χ0n) is 11.6. The minimum atomic E-state index is 0.679. The van der Waals surface area contributed by atoms with Crippen LogP contribution in [0.5, 0.6) is 0 Å². The van der Waals surface area contributed by atoms with Crippen LogP contribution in [-0.2, 0) is 4.74 Å². The number of benzene rings is 2. The molecule has 0 saturated heterocycles. The summed E-state index contributed by atoms with van der Waals surface area (Å²) >= 11 is 2.84. The Bertz CT molecular complexity index is 433. The van der Waals surface area contributed by atoms with Crippen molar-refractivity contribution in [3.05, 3.63) is 60.7 Å². The molecule has 0 saturated carbocycles. The van der Waals surface area contributed by atoms with E-state index in [-0.39, 0.29) is 0 Å². The SMILES string of the molecule is c1ccc([Se][Se]CCOCC[Se][Se]c2ccccc2)cc1. The van der Waals surface area contributed by atoms with E-state index in [9.17, 15) is 0 Å². The summed E-state index contributed by atoms with van der Waals surface area (Å²) in [5.41, 5.74) is 0. The summed E-state index contributed by atoms with van der Waals surface area (Å²) < 4.78 is 8.81. The van der Waals surface area contributed by atoms with Crippen LogP contribution in [0, 0.1) is 0 Å². The van der Waals surface area contributed by atoms with Gasteiger partial charge < -0.3 is 0 Å². The van der Waals surface area contributed by atoms with Crippen molar-refractivity contribution in [1.82, 2.24) is 0 Å². The number of rotatable bonds is 10. The first-order valence-corrected chi connectivity index (χ1v) is 19.5. The molecule has 0 radical (unpaired) electrons. The number of ether oxygens (including phenoxy) is 1. The molecule has 0 bridgehead atoms. The molecule has 0 spiro atoms. The van der Waals surface area contributed by atoms with Crippen LogP contribution in [0.2, 0.25) is 10.6 Å². The first-order valence-electron chi connectivity index (χ1n) is 6.72. The Morgan fingerprint density at radius 1 is 0.619 bits per heavy atom. The van der Waals surface area contributed by atoms with Gasteiger partial charge >= 0.3 is 151 Å². The molecule has 2 aromatic rings. The summed E-state index contributed by atoms with van der Waals surface area (Å²) in [6.45, 7) is 1.92. The van der Waals surface area contributed by atoms with E-state index in [1.165, 1.54) is 19.6 Å². The normalized spacial score (nSPS) is 10.7. The molecule has 0 amide bonds. The predicted octanol–water partition coefficient (Wildman–Crippen LogP) is 1.14. The Kier molecular flexibility index (Phi) is 10.2. The van der Waals surface area contributed by atoms with Crippen LogP contribution in [0.4, 0.5) is 0 Å². The third-order valence-corrected chi connectivity index (χ3v) is 16.7. The van der Waals surface area contributed by atoms with Crippen LogP contribution in [0.3, 0.4) is 0 Å². The van der Waals surface area contributed by atoms with Crippen molar-refractivity contribution in [2.75, 3.05) is 13.2 Å². The first-order chi connectivity index (χ1) is 10.4. The van der Waals surface area contributed by atoms with Crippen molar-refractivity contribution in [1.29, 1.82) is 0 Å². The van der Waals surface area contributed by atoms with Crippen molar-refractivity contribution < 1.29 is 4.74 Å². The molecule has 2 rings (SSSR count). The van der Waals surface area contributed by atoms with E-state index in [1.54, 1.807) is 0 Å². The average Bonchev–Trinajstić information content (AvgIpc) is 2.55. The van der Waals surface area contributed by atoms with Crippen molar-refractivity contribution in [3.63, 3.8) is 0 Å². The van der Waals surface area contributed by atoms with Crippen LogP contribution in [0.15, 0.2) is 60.7 Å². The maximum absolute atomic E-state index is 5.76. The van der Waals surface area contributed by atoms with E-state index in [0.29, 0.717) is 26.3 Å². The van der Waals surface area contributed by atoms with E-state index < -0.39 is 0 Å². The summed E-state index contributed by atoms with van der Waals surface area (Å²) in [6, 6.07) is 21.7. The maximum atomic E-state index is 5.76. The van der Waals surface area contributed by atoms with Crippen LogP contribution in [-0.4, -0.2) is 65.7 Å². The number of hydrogen-bond acceptors (Lipinski definition) is 1. The summed E-state index contributed by atoms with van der Waals surface area (Å²) in [6.07, 6.45) is 0. The van der Waals surface area contributed by atoms with Crippen molar-refractivity contribution >= 4 is 61.4 Å². The fourth-order valence-electron chi connectivity index (χ4n) is 1.46. The Morgan fingerprint density at radius 3 is 1.48 bits per heavy atom. The minimum absolute atomic E-state index is 0.679. The molecule has 0 N–H and O–H groups in total. The van der Waals surface area contributed by atoms with Gasteiger partial charge in [0.2, 0.25) is 0 Å². The second-order valence-corrected chi connectivity index (χ2v) is 18.2. The Labute approximate surface area is 149 Å². The molecule has 112 valence electrons. The van der Waals surface area contributed by atoms with Gasteiger partial charge in [0.25, 0.3) is 0 Å². The average molecular weight is 542 g/mol. The Hall–Kier alpha value is 0.478. The molecule has 0 heterocycles. The zero-order chi connectivity index (χ0) is 14.6. The van der Waals surface area contributed by atoms with E-state index in [4.69, 9.17) is 4.74 Å². The van der Waals surface area contributed by atoms with Crippen LogP contribution < -0.4 is 8.92 Å². The van der Waals surface area contributed by atoms with Crippen molar-refractivity contribution in [2.45, 2.75) is 10.6 Å². The molecular weight excluding hydrogens is 524 g/mol. The first kappa shape index (κ1) is 17.8. The molecule has 2 aromatic carbocycles. The van der Waals surface area contributed by atoms with Gasteiger partial charge in [-0.3, -0.25) is 0 Å². The van der Waals surface area contributed by atoms with Crippen LogP contribution in [0.25, 0.3) is 0 Å². The summed E-state index contributed by atoms with van der Waals surface area (Å²) in [4.78, 5) is 0. The molecule has 5 heteroatoms. The van der Waals surface area contributed by atoms with Gasteiger partial charge in [0.15, 0.2) is 0 Å². The summed E-state index contributed by atoms with van der Waals surface area (Å²) in [7, 11) is 0. The molecule has 21 heavy (non-hydrogen) atoms. The van der Waals surface area contributed by atoms with Crippen molar-refractivity contribution in [2.24, 2.45) is 0 Å². The molecule has 0 atom stereocenters. The standard InChI is InChI=1S/C16H18OSe4/c1-3-7-15(8-4-1)20-18-13-11-17-12-14-19-21-16-9-5-2-6-10-16/h1-10H,11-14H2. The molecule has 0 aromatic heterocycles. The monoisotopic (exact) mass is 546 g/mol. The second kappa shape index (κ2) is 12.0. The predicted molar refractivity (Wildman–Crippen MR) is 95.6 cm³/mol. The fourth-order valence-corrected chi connectivity index (χ4v) is 13.0. The summed E-state index contributed by atoms with van der Waals surface area (Å²) in [5, 5.41) is 2.53. The topological polar surface area (TPSA) is 9.23 Å². The zero-order valence-corrected chi connectivity index (χ0v) is 18.5. The van der Waals surface area contributed by atoms with E-state index in [2.05, 4.69) is 60.7 Å². The van der Waals surface area contributed by atoms with Gasteiger partial charge in [-0.2, -0.15) is 0 Å². The van der Waals surface area contributed by atoms with E-state index in [1.807, 2.05) is 0 Å². The van der Waals surface area contributed by atoms with Gasteiger partial charge in [-0.25, -0.2) is 0 Å². The quantitative estimate of drug-likeness (QED) is 0.324. The third kappa shape index (κ3) is 8.62. The van der Waals surface area contributed by atoms with Crippen LogP contribution in [0.1, 0.15) is 0 Å². The molecular formula is C16H18OSe4.